The molecule has 0 radical (unpaired) electrons. The van der Waals surface area contributed by atoms with Crippen LogP contribution in [0.4, 0.5) is 20.2 Å². The minimum absolute atomic E-state index is 0.278. The third-order valence-corrected chi connectivity index (χ3v) is 8.41. The van der Waals surface area contributed by atoms with E-state index < -0.39 is 11.1 Å². The van der Waals surface area contributed by atoms with Gasteiger partial charge in [-0.3, -0.25) is 19.5 Å². The number of benzene rings is 2. The largest absolute Gasteiger partial charge is 0.399 e. The van der Waals surface area contributed by atoms with Gasteiger partial charge in [0.15, 0.2) is 10.3 Å². The molecule has 40 heavy (non-hydrogen) atoms. The molecule has 0 saturated carbocycles. The maximum absolute atomic E-state index is 14.4. The van der Waals surface area contributed by atoms with Gasteiger partial charge in [-0.05, 0) is 69.2 Å². The van der Waals surface area contributed by atoms with Crippen molar-refractivity contribution in [3.05, 3.63) is 77.1 Å². The lowest BCUT2D eigenvalue weighted by molar-refractivity contribution is 0.101. The summed E-state index contributed by atoms with van der Waals surface area (Å²) in [7, 11) is 1.68. The highest BCUT2D eigenvalue weighted by Crippen LogP contribution is 2.38. The molecule has 2 aromatic carbocycles. The van der Waals surface area contributed by atoms with E-state index in [-0.39, 0.29) is 17.5 Å². The van der Waals surface area contributed by atoms with Crippen LogP contribution in [-0.2, 0) is 18.1 Å². The van der Waals surface area contributed by atoms with Crippen LogP contribution in [0, 0.1) is 11.6 Å². The second kappa shape index (κ2) is 11.9. The van der Waals surface area contributed by atoms with Crippen LogP contribution in [0.2, 0.25) is 0 Å². The van der Waals surface area contributed by atoms with Gasteiger partial charge in [-0.25, -0.2) is 8.78 Å². The van der Waals surface area contributed by atoms with E-state index >= 15 is 0 Å². The predicted molar refractivity (Wildman–Crippen MR) is 160 cm³/mol. The number of nitrogens with two attached hydrogens (primary N) is 3. The van der Waals surface area contributed by atoms with Crippen molar-refractivity contribution in [1.82, 2.24) is 9.78 Å². The van der Waals surface area contributed by atoms with Crippen LogP contribution >= 0.6 is 23.5 Å². The second-order valence-electron chi connectivity index (χ2n) is 9.87. The van der Waals surface area contributed by atoms with Crippen molar-refractivity contribution in [2.75, 3.05) is 22.6 Å². The van der Waals surface area contributed by atoms with E-state index in [1.54, 1.807) is 37.5 Å². The summed E-state index contributed by atoms with van der Waals surface area (Å²) in [4.78, 5) is 21.1. The Hall–Kier alpha value is -3.58. The molecule has 9 nitrogen and oxygen atoms in total. The molecule has 3 aromatic rings. The van der Waals surface area contributed by atoms with E-state index in [0.29, 0.717) is 45.0 Å². The number of aryl methyl sites for hydroxylation is 1. The quantitative estimate of drug-likeness (QED) is 0.328. The van der Waals surface area contributed by atoms with E-state index in [0.717, 1.165) is 17.9 Å². The summed E-state index contributed by atoms with van der Waals surface area (Å²) < 4.78 is 29.6. The lowest BCUT2D eigenvalue weighted by Gasteiger charge is -2.30. The van der Waals surface area contributed by atoms with Crippen LogP contribution in [0.1, 0.15) is 48.3 Å². The van der Waals surface area contributed by atoms with Gasteiger partial charge < -0.3 is 22.5 Å². The van der Waals surface area contributed by atoms with Crippen LogP contribution in [0.3, 0.4) is 0 Å². The highest BCUT2D eigenvalue weighted by atomic mass is 32.2. The van der Waals surface area contributed by atoms with Gasteiger partial charge in [0.1, 0.15) is 17.3 Å². The number of hydrogen-bond acceptors (Lipinski definition) is 9. The number of aromatic nitrogens is 2. The Morgan fingerprint density at radius 1 is 0.900 bits per heavy atom. The lowest BCUT2D eigenvalue weighted by Crippen LogP contribution is -2.30. The van der Waals surface area contributed by atoms with Gasteiger partial charge in [-0.15, -0.1) is 0 Å². The van der Waals surface area contributed by atoms with Gasteiger partial charge in [0, 0.05) is 47.3 Å². The zero-order valence-electron chi connectivity index (χ0n) is 22.4. The van der Waals surface area contributed by atoms with Crippen molar-refractivity contribution in [1.29, 1.82) is 0 Å². The Morgan fingerprint density at radius 3 is 1.98 bits per heavy atom. The fourth-order valence-electron chi connectivity index (χ4n) is 4.52. The second-order valence-corrected chi connectivity index (χ2v) is 12.1. The van der Waals surface area contributed by atoms with Crippen molar-refractivity contribution >= 4 is 51.1 Å². The maximum Gasteiger partial charge on any atom is 0.273 e. The third-order valence-electron chi connectivity index (χ3n) is 6.82. The molecule has 1 aromatic heterocycles. The van der Waals surface area contributed by atoms with Crippen molar-refractivity contribution < 1.29 is 13.6 Å². The molecule has 212 valence electrons. The van der Waals surface area contributed by atoms with E-state index in [1.807, 2.05) is 13.8 Å². The third kappa shape index (κ3) is 6.58. The average Bonchev–Trinajstić information content (AvgIpc) is 3.32. The normalized spacial score (nSPS) is 22.4. The number of anilines is 2. The summed E-state index contributed by atoms with van der Waals surface area (Å²) in [5.41, 5.74) is 18.3. The van der Waals surface area contributed by atoms with Crippen molar-refractivity contribution in [3.8, 4) is 0 Å². The summed E-state index contributed by atoms with van der Waals surface area (Å²) in [5, 5.41) is 7.70. The first-order valence-electron chi connectivity index (χ1n) is 12.5. The first-order chi connectivity index (χ1) is 18.9. The van der Waals surface area contributed by atoms with Crippen LogP contribution in [-0.4, -0.2) is 37.5 Å². The van der Waals surface area contributed by atoms with Gasteiger partial charge in [-0.1, -0.05) is 23.5 Å². The Labute approximate surface area is 240 Å². The Kier molecular flexibility index (Phi) is 8.74. The molecule has 2 atom stereocenters. The molecule has 0 bridgehead atoms. The number of nitrogen functional groups attached to an aromatic ring is 1. The molecule has 0 saturated heterocycles. The monoisotopic (exact) mass is 586 g/mol. The van der Waals surface area contributed by atoms with Gasteiger partial charge in [0.25, 0.3) is 5.91 Å². The summed E-state index contributed by atoms with van der Waals surface area (Å²) in [6, 6.07) is 10.7. The van der Waals surface area contributed by atoms with Crippen LogP contribution < -0.4 is 22.5 Å². The maximum atomic E-state index is 14.4. The fraction of sp³-hybridized carbons (Fsp3) is 0.333. The number of thioether (sulfide) groups is 2. The Bertz CT molecular complexity index is 1480. The van der Waals surface area contributed by atoms with Gasteiger partial charge in [-0.2, -0.15) is 5.10 Å². The number of rotatable bonds is 4. The highest BCUT2D eigenvalue weighted by molar-refractivity contribution is 8.14. The molecule has 0 spiro atoms. The summed E-state index contributed by atoms with van der Waals surface area (Å²) >= 11 is 2.96. The molecule has 13 heteroatoms. The van der Waals surface area contributed by atoms with Crippen LogP contribution in [0.5, 0.6) is 0 Å². The minimum Gasteiger partial charge on any atom is -0.399 e. The number of nitrogens with zero attached hydrogens (tertiary/aromatic N) is 4. The molecule has 0 unspecified atom stereocenters. The molecule has 3 heterocycles. The first-order valence-corrected chi connectivity index (χ1v) is 14.5. The number of halogens is 2. The van der Waals surface area contributed by atoms with Crippen molar-refractivity contribution in [3.63, 3.8) is 0 Å². The number of amides is 1. The molecular weight excluding hydrogens is 554 g/mol. The molecule has 1 amide bonds. The molecule has 5 rings (SSSR count). The molecular formula is C27H32F2N8OS2. The van der Waals surface area contributed by atoms with E-state index in [4.69, 9.17) is 17.2 Å². The van der Waals surface area contributed by atoms with Gasteiger partial charge in [0.05, 0.1) is 11.1 Å². The number of nitrogens with one attached hydrogen (secondary N) is 1. The first kappa shape index (κ1) is 29.4. The number of carbonyl (C=O) groups excluding carboxylic acids is 1. The summed E-state index contributed by atoms with van der Waals surface area (Å²) in [6.45, 7) is 3.74. The summed E-state index contributed by atoms with van der Waals surface area (Å²) in [6.07, 6.45) is 2.98. The zero-order valence-corrected chi connectivity index (χ0v) is 24.1. The Morgan fingerprint density at radius 2 is 1.45 bits per heavy atom. The summed E-state index contributed by atoms with van der Waals surface area (Å²) in [5.74, 6) is 0.677. The van der Waals surface area contributed by atoms with Crippen molar-refractivity contribution in [2.24, 2.45) is 28.5 Å². The number of carbonyl (C=O) groups is 1. The molecule has 2 aliphatic rings. The topological polar surface area (TPSA) is 150 Å². The predicted octanol–water partition coefficient (Wildman–Crippen LogP) is 4.55. The van der Waals surface area contributed by atoms with E-state index in [2.05, 4.69) is 20.4 Å². The molecule has 2 aliphatic heterocycles. The smallest absolute Gasteiger partial charge is 0.273 e. The number of aliphatic imine (C=N–C) groups is 2. The molecule has 0 fully saturated rings. The van der Waals surface area contributed by atoms with Gasteiger partial charge >= 0.3 is 0 Å². The van der Waals surface area contributed by atoms with Gasteiger partial charge in [0.2, 0.25) is 0 Å². The lowest BCUT2D eigenvalue weighted by atomic mass is 9.89. The van der Waals surface area contributed by atoms with E-state index in [9.17, 15) is 13.6 Å². The van der Waals surface area contributed by atoms with Crippen LogP contribution in [0.15, 0.2) is 58.6 Å². The number of hydrogen-bond donors (Lipinski definition) is 4. The standard InChI is InChI=1S/C16H18FN5OS.C11H14FN3S/c1-16(6-8-24-15(18)21-16)11-9-10(3-4-12(11)17)20-14(23)13-5-7-19-22(13)2;1-11(4-5-16-10(14)15-11)8-6-7(13)2-3-9(8)12/h3-5,7,9H,6,8H2,1-2H3,(H2,18,21)(H,20,23);2-3,6H,4-5,13H2,1H3,(H2,14,15)/t16-;11-/m00/s1. The fourth-order valence-corrected chi connectivity index (χ4v) is 6.47. The SMILES string of the molecule is C[C@@]1(c2cc(N)ccc2F)CCSC(N)=N1.Cn1nccc1C(=O)Nc1ccc(F)c([C@]2(C)CCSC(N)=N2)c1. The Balaban J connectivity index is 0.000000201. The van der Waals surface area contributed by atoms with Crippen molar-refractivity contribution in [2.45, 2.75) is 37.8 Å². The minimum atomic E-state index is -0.729. The number of amidine groups is 2. The molecule has 7 N–H and O–H groups in total. The van der Waals surface area contributed by atoms with Crippen LogP contribution in [0.25, 0.3) is 0 Å². The average molecular weight is 587 g/mol. The molecule has 0 aliphatic carbocycles. The highest BCUT2D eigenvalue weighted by Gasteiger charge is 2.33. The van der Waals surface area contributed by atoms with E-state index in [1.165, 1.54) is 46.4 Å². The zero-order chi connectivity index (χ0) is 29.1.